The zero-order valence-corrected chi connectivity index (χ0v) is 13.5. The van der Waals surface area contributed by atoms with Gasteiger partial charge in [-0.3, -0.25) is 4.90 Å². The molecule has 0 spiro atoms. The van der Waals surface area contributed by atoms with E-state index in [2.05, 4.69) is 32.6 Å². The van der Waals surface area contributed by atoms with Crippen molar-refractivity contribution in [1.82, 2.24) is 4.90 Å². The maximum absolute atomic E-state index is 6.17. The van der Waals surface area contributed by atoms with E-state index in [1.165, 1.54) is 45.2 Å². The fraction of sp³-hybridized carbons (Fsp3) is 1.00. The van der Waals surface area contributed by atoms with Crippen LogP contribution in [0.1, 0.15) is 59.8 Å². The molecule has 1 atom stereocenters. The highest BCUT2D eigenvalue weighted by Gasteiger charge is 2.48. The monoisotopic (exact) mass is 266 g/mol. The van der Waals surface area contributed by atoms with E-state index in [4.69, 9.17) is 5.73 Å². The van der Waals surface area contributed by atoms with Crippen LogP contribution in [0.4, 0.5) is 0 Å². The molecule has 1 saturated heterocycles. The average Bonchev–Trinajstić information content (AvgIpc) is 2.54. The van der Waals surface area contributed by atoms with Crippen molar-refractivity contribution < 1.29 is 0 Å². The molecule has 19 heavy (non-hydrogen) atoms. The summed E-state index contributed by atoms with van der Waals surface area (Å²) in [7, 11) is 0. The molecule has 1 aliphatic heterocycles. The first kappa shape index (κ1) is 15.3. The zero-order valence-electron chi connectivity index (χ0n) is 13.5. The summed E-state index contributed by atoms with van der Waals surface area (Å²) in [6.07, 6.45) is 6.85. The highest BCUT2D eigenvalue weighted by molar-refractivity contribution is 5.04. The fourth-order valence-electron chi connectivity index (χ4n) is 4.20. The van der Waals surface area contributed by atoms with Gasteiger partial charge in [0, 0.05) is 12.1 Å². The SMILES string of the molecule is CC(C)C1CCCN(C2(CN)CC(C(C)C)C2)CC1. The van der Waals surface area contributed by atoms with Crippen LogP contribution in [-0.2, 0) is 0 Å². The zero-order chi connectivity index (χ0) is 14.0. The Labute approximate surface area is 120 Å². The van der Waals surface area contributed by atoms with Crippen LogP contribution in [0.15, 0.2) is 0 Å². The number of likely N-dealkylation sites (tertiary alicyclic amines) is 1. The molecule has 0 aromatic rings. The number of nitrogens with zero attached hydrogens (tertiary/aromatic N) is 1. The molecule has 1 aliphatic carbocycles. The minimum absolute atomic E-state index is 0.362. The summed E-state index contributed by atoms with van der Waals surface area (Å²) in [5, 5.41) is 0. The van der Waals surface area contributed by atoms with E-state index in [0.717, 1.165) is 30.2 Å². The fourth-order valence-corrected chi connectivity index (χ4v) is 4.20. The molecule has 2 rings (SSSR count). The van der Waals surface area contributed by atoms with Gasteiger partial charge in [0.15, 0.2) is 0 Å². The lowest BCUT2D eigenvalue weighted by Crippen LogP contribution is -2.62. The third-order valence-corrected chi connectivity index (χ3v) is 5.99. The summed E-state index contributed by atoms with van der Waals surface area (Å²) < 4.78 is 0. The minimum atomic E-state index is 0.362. The van der Waals surface area contributed by atoms with E-state index >= 15 is 0 Å². The van der Waals surface area contributed by atoms with Crippen molar-refractivity contribution in [3.63, 3.8) is 0 Å². The van der Waals surface area contributed by atoms with E-state index in [1.54, 1.807) is 0 Å². The van der Waals surface area contributed by atoms with Crippen LogP contribution >= 0.6 is 0 Å². The van der Waals surface area contributed by atoms with Crippen LogP contribution < -0.4 is 5.73 Å². The molecule has 2 fully saturated rings. The van der Waals surface area contributed by atoms with Crippen molar-refractivity contribution >= 4 is 0 Å². The van der Waals surface area contributed by atoms with E-state index in [-0.39, 0.29) is 0 Å². The molecule has 2 aliphatic rings. The summed E-state index contributed by atoms with van der Waals surface area (Å²) in [6.45, 7) is 12.9. The first-order valence-electron chi connectivity index (χ1n) is 8.43. The average molecular weight is 266 g/mol. The Balaban J connectivity index is 1.94. The van der Waals surface area contributed by atoms with Crippen LogP contribution in [0.5, 0.6) is 0 Å². The van der Waals surface area contributed by atoms with Gasteiger partial charge in [0.2, 0.25) is 0 Å². The maximum atomic E-state index is 6.17. The molecule has 1 unspecified atom stereocenters. The predicted molar refractivity (Wildman–Crippen MR) is 83.1 cm³/mol. The van der Waals surface area contributed by atoms with Crippen LogP contribution in [0.3, 0.4) is 0 Å². The van der Waals surface area contributed by atoms with Gasteiger partial charge in [-0.2, -0.15) is 0 Å². The van der Waals surface area contributed by atoms with E-state index in [1.807, 2.05) is 0 Å². The van der Waals surface area contributed by atoms with Crippen molar-refractivity contribution in [2.75, 3.05) is 19.6 Å². The Hall–Kier alpha value is -0.0800. The highest BCUT2D eigenvalue weighted by Crippen LogP contribution is 2.46. The Kier molecular flexibility index (Phi) is 4.94. The second-order valence-corrected chi connectivity index (χ2v) is 7.76. The summed E-state index contributed by atoms with van der Waals surface area (Å²) in [5.74, 6) is 3.52. The molecular weight excluding hydrogens is 232 g/mol. The van der Waals surface area contributed by atoms with Gasteiger partial charge in [-0.25, -0.2) is 0 Å². The highest BCUT2D eigenvalue weighted by atomic mass is 15.2. The van der Waals surface area contributed by atoms with Gasteiger partial charge in [-0.05, 0) is 68.9 Å². The van der Waals surface area contributed by atoms with Gasteiger partial charge in [0.25, 0.3) is 0 Å². The maximum Gasteiger partial charge on any atom is 0.0337 e. The van der Waals surface area contributed by atoms with Crippen LogP contribution in [-0.4, -0.2) is 30.1 Å². The van der Waals surface area contributed by atoms with Crippen molar-refractivity contribution in [2.45, 2.75) is 65.3 Å². The third-order valence-electron chi connectivity index (χ3n) is 5.99. The quantitative estimate of drug-likeness (QED) is 0.844. The van der Waals surface area contributed by atoms with Gasteiger partial charge in [-0.1, -0.05) is 27.7 Å². The minimum Gasteiger partial charge on any atom is -0.329 e. The first-order chi connectivity index (χ1) is 8.98. The molecule has 1 saturated carbocycles. The van der Waals surface area contributed by atoms with Crippen molar-refractivity contribution in [3.05, 3.63) is 0 Å². The topological polar surface area (TPSA) is 29.3 Å². The summed E-state index contributed by atoms with van der Waals surface area (Å²) >= 11 is 0. The van der Waals surface area contributed by atoms with Crippen LogP contribution in [0.2, 0.25) is 0 Å². The lowest BCUT2D eigenvalue weighted by Gasteiger charge is -2.55. The molecule has 0 amide bonds. The summed E-state index contributed by atoms with van der Waals surface area (Å²) in [4.78, 5) is 2.76. The molecule has 0 aromatic carbocycles. The summed E-state index contributed by atoms with van der Waals surface area (Å²) in [6, 6.07) is 0. The van der Waals surface area contributed by atoms with E-state index < -0.39 is 0 Å². The number of rotatable bonds is 4. The van der Waals surface area contributed by atoms with Gasteiger partial charge in [0.1, 0.15) is 0 Å². The smallest absolute Gasteiger partial charge is 0.0337 e. The van der Waals surface area contributed by atoms with Crippen molar-refractivity contribution in [2.24, 2.45) is 29.4 Å². The normalized spacial score (nSPS) is 37.4. The Morgan fingerprint density at radius 3 is 2.16 bits per heavy atom. The molecule has 1 heterocycles. The van der Waals surface area contributed by atoms with Gasteiger partial charge in [0.05, 0.1) is 0 Å². The standard InChI is InChI=1S/C17H34N2/c1-13(2)15-6-5-8-19(9-7-15)17(12-18)10-16(11-17)14(3)4/h13-16H,5-12,18H2,1-4H3. The molecule has 2 nitrogen and oxygen atoms in total. The lowest BCUT2D eigenvalue weighted by molar-refractivity contribution is -0.0340. The Morgan fingerprint density at radius 2 is 1.63 bits per heavy atom. The van der Waals surface area contributed by atoms with Crippen molar-refractivity contribution in [3.8, 4) is 0 Å². The molecule has 0 bridgehead atoms. The van der Waals surface area contributed by atoms with Crippen LogP contribution in [0, 0.1) is 23.7 Å². The van der Waals surface area contributed by atoms with E-state index in [9.17, 15) is 0 Å². The van der Waals surface area contributed by atoms with Gasteiger partial charge < -0.3 is 5.73 Å². The van der Waals surface area contributed by atoms with Gasteiger partial charge in [-0.15, -0.1) is 0 Å². The molecule has 2 N–H and O–H groups in total. The Bertz CT molecular complexity index is 279. The molecule has 2 heteroatoms. The molecule has 0 radical (unpaired) electrons. The van der Waals surface area contributed by atoms with Crippen molar-refractivity contribution in [1.29, 1.82) is 0 Å². The Morgan fingerprint density at radius 1 is 1.00 bits per heavy atom. The van der Waals surface area contributed by atoms with Crippen LogP contribution in [0.25, 0.3) is 0 Å². The summed E-state index contributed by atoms with van der Waals surface area (Å²) in [5.41, 5.74) is 6.53. The predicted octanol–water partition coefficient (Wildman–Crippen LogP) is 3.51. The first-order valence-corrected chi connectivity index (χ1v) is 8.43. The number of hydrogen-bond acceptors (Lipinski definition) is 2. The number of hydrogen-bond donors (Lipinski definition) is 1. The molecule has 112 valence electrons. The lowest BCUT2D eigenvalue weighted by atomic mass is 9.63. The molecule has 0 aromatic heterocycles. The second-order valence-electron chi connectivity index (χ2n) is 7.76. The van der Waals surface area contributed by atoms with Gasteiger partial charge >= 0.3 is 0 Å². The largest absolute Gasteiger partial charge is 0.329 e. The second kappa shape index (κ2) is 6.13. The third kappa shape index (κ3) is 3.16. The molecular formula is C17H34N2. The van der Waals surface area contributed by atoms with E-state index in [0.29, 0.717) is 5.54 Å². The number of nitrogens with two attached hydrogens (primary N) is 1.